The van der Waals surface area contributed by atoms with Crippen LogP contribution >= 0.6 is 0 Å². The molecule has 1 heterocycles. The summed E-state index contributed by atoms with van der Waals surface area (Å²) >= 11 is 0. The monoisotopic (exact) mass is 229 g/mol. The van der Waals surface area contributed by atoms with E-state index in [0.717, 1.165) is 0 Å². The summed E-state index contributed by atoms with van der Waals surface area (Å²) < 4.78 is 0. The highest BCUT2D eigenvalue weighted by Crippen LogP contribution is 2.36. The van der Waals surface area contributed by atoms with Gasteiger partial charge in [0.2, 0.25) is 0 Å². The van der Waals surface area contributed by atoms with Gasteiger partial charge in [0.15, 0.2) is 0 Å². The zero-order valence-corrected chi connectivity index (χ0v) is 12.1. The summed E-state index contributed by atoms with van der Waals surface area (Å²) in [6.45, 7) is 15.5. The molecule has 0 bridgehead atoms. The molecule has 0 aromatic rings. The molecule has 1 fully saturated rings. The van der Waals surface area contributed by atoms with Gasteiger partial charge in [0.25, 0.3) is 0 Å². The van der Waals surface area contributed by atoms with Crippen molar-refractivity contribution < 1.29 is 5.11 Å². The molecule has 0 atom stereocenters. The summed E-state index contributed by atoms with van der Waals surface area (Å²) in [4.78, 5) is 2.53. The molecule has 1 rings (SSSR count). The number of nitrogens with zero attached hydrogens (tertiary/aromatic N) is 1. The van der Waals surface area contributed by atoms with Crippen molar-refractivity contribution in [2.45, 2.75) is 66.3 Å². The van der Waals surface area contributed by atoms with Crippen LogP contribution in [0.15, 0.2) is 0 Å². The molecule has 1 aliphatic rings. The van der Waals surface area contributed by atoms with E-state index in [1.165, 1.54) is 32.4 Å². The topological polar surface area (TPSA) is 23.5 Å². The van der Waals surface area contributed by atoms with Crippen molar-refractivity contribution in [1.82, 2.24) is 4.90 Å². The fraction of sp³-hybridized carbons (Fsp3) is 1.00. The molecule has 2 heteroatoms. The first-order valence-corrected chi connectivity index (χ1v) is 6.78. The van der Waals surface area contributed by atoms with Crippen molar-refractivity contribution in [3.63, 3.8) is 0 Å². The Morgan fingerprint density at radius 2 is 1.38 bits per heavy atom. The van der Waals surface area contributed by atoms with Gasteiger partial charge in [0.05, 0.1) is 0 Å². The third kappa shape index (κ3) is 3.46. The standard InChI is InChI=1S/C12H25NO.C2H6/c1-11(2,10-14)12(3,4)13-8-6-5-7-9-13;1-2/h14H,5-10H2,1-4H3;1-2H3. The summed E-state index contributed by atoms with van der Waals surface area (Å²) in [6, 6.07) is 0. The highest BCUT2D eigenvalue weighted by atomic mass is 16.3. The number of hydrogen-bond donors (Lipinski definition) is 1. The number of rotatable bonds is 3. The van der Waals surface area contributed by atoms with Gasteiger partial charge < -0.3 is 5.11 Å². The van der Waals surface area contributed by atoms with Crippen LogP contribution in [0.1, 0.15) is 60.8 Å². The Hall–Kier alpha value is -0.0800. The van der Waals surface area contributed by atoms with Crippen LogP contribution < -0.4 is 0 Å². The van der Waals surface area contributed by atoms with Gasteiger partial charge in [-0.2, -0.15) is 0 Å². The van der Waals surface area contributed by atoms with Crippen molar-refractivity contribution >= 4 is 0 Å². The first-order valence-electron chi connectivity index (χ1n) is 6.78. The van der Waals surface area contributed by atoms with E-state index >= 15 is 0 Å². The van der Waals surface area contributed by atoms with Gasteiger partial charge in [-0.25, -0.2) is 0 Å². The molecule has 0 unspecified atom stereocenters. The number of piperidine rings is 1. The van der Waals surface area contributed by atoms with E-state index in [1.54, 1.807) is 0 Å². The maximum absolute atomic E-state index is 9.43. The van der Waals surface area contributed by atoms with E-state index in [4.69, 9.17) is 0 Å². The van der Waals surface area contributed by atoms with Crippen LogP contribution in [0.3, 0.4) is 0 Å². The average molecular weight is 229 g/mol. The summed E-state index contributed by atoms with van der Waals surface area (Å²) in [5.74, 6) is 0. The molecule has 0 aromatic carbocycles. The van der Waals surface area contributed by atoms with Crippen LogP contribution in [-0.2, 0) is 0 Å². The summed E-state index contributed by atoms with van der Waals surface area (Å²) in [7, 11) is 0. The molecule has 2 nitrogen and oxygen atoms in total. The normalized spacial score (nSPS) is 18.9. The van der Waals surface area contributed by atoms with E-state index < -0.39 is 0 Å². The van der Waals surface area contributed by atoms with Gasteiger partial charge in [0.1, 0.15) is 0 Å². The fourth-order valence-corrected chi connectivity index (χ4v) is 2.07. The smallest absolute Gasteiger partial charge is 0.0499 e. The molecule has 1 N–H and O–H groups in total. The lowest BCUT2D eigenvalue weighted by atomic mass is 9.73. The zero-order valence-electron chi connectivity index (χ0n) is 12.1. The molecule has 0 spiro atoms. The van der Waals surface area contributed by atoms with Crippen molar-refractivity contribution in [3.05, 3.63) is 0 Å². The molecule has 0 saturated carbocycles. The largest absolute Gasteiger partial charge is 0.396 e. The zero-order chi connectivity index (χ0) is 12.8. The Bertz CT molecular complexity index is 181. The third-order valence-corrected chi connectivity index (χ3v) is 4.20. The lowest BCUT2D eigenvalue weighted by molar-refractivity contribution is -0.0318. The number of aliphatic hydroxyl groups excluding tert-OH is 1. The quantitative estimate of drug-likeness (QED) is 0.802. The second-order valence-electron chi connectivity index (χ2n) is 5.65. The van der Waals surface area contributed by atoms with E-state index in [9.17, 15) is 5.11 Å². The second-order valence-corrected chi connectivity index (χ2v) is 5.65. The molecule has 98 valence electrons. The van der Waals surface area contributed by atoms with E-state index in [1.807, 2.05) is 13.8 Å². The molecule has 0 aliphatic carbocycles. The predicted octanol–water partition coefficient (Wildman–Crippen LogP) is 3.30. The molecule has 16 heavy (non-hydrogen) atoms. The fourth-order valence-electron chi connectivity index (χ4n) is 2.07. The van der Waals surface area contributed by atoms with Gasteiger partial charge in [0, 0.05) is 17.6 Å². The highest BCUT2D eigenvalue weighted by Gasteiger charge is 2.41. The maximum Gasteiger partial charge on any atom is 0.0499 e. The highest BCUT2D eigenvalue weighted by molar-refractivity contribution is 4.95. The molecule has 0 aromatic heterocycles. The van der Waals surface area contributed by atoms with Crippen molar-refractivity contribution in [2.24, 2.45) is 5.41 Å². The summed E-state index contributed by atoms with van der Waals surface area (Å²) in [6.07, 6.45) is 3.99. The van der Waals surface area contributed by atoms with Gasteiger partial charge in [-0.3, -0.25) is 4.90 Å². The summed E-state index contributed by atoms with van der Waals surface area (Å²) in [5.41, 5.74) is 0.0759. The van der Waals surface area contributed by atoms with Crippen LogP contribution in [0.2, 0.25) is 0 Å². The predicted molar refractivity (Wildman–Crippen MR) is 71.7 cm³/mol. The molecule has 0 amide bonds. The Morgan fingerprint density at radius 3 is 1.75 bits per heavy atom. The van der Waals surface area contributed by atoms with Crippen LogP contribution in [-0.4, -0.2) is 35.2 Å². The van der Waals surface area contributed by atoms with Gasteiger partial charge in [-0.15, -0.1) is 0 Å². The maximum atomic E-state index is 9.43. The Kier molecular flexibility index (Phi) is 6.57. The van der Waals surface area contributed by atoms with Crippen molar-refractivity contribution in [1.29, 1.82) is 0 Å². The molecule has 0 radical (unpaired) electrons. The molecule has 1 aliphatic heterocycles. The lowest BCUT2D eigenvalue weighted by Crippen LogP contribution is -2.56. The Labute approximate surface area is 102 Å². The minimum Gasteiger partial charge on any atom is -0.396 e. The van der Waals surface area contributed by atoms with Gasteiger partial charge >= 0.3 is 0 Å². The Morgan fingerprint density at radius 1 is 0.938 bits per heavy atom. The van der Waals surface area contributed by atoms with E-state index in [-0.39, 0.29) is 17.6 Å². The third-order valence-electron chi connectivity index (χ3n) is 4.20. The number of aliphatic hydroxyl groups is 1. The van der Waals surface area contributed by atoms with E-state index in [2.05, 4.69) is 32.6 Å². The lowest BCUT2D eigenvalue weighted by Gasteiger charge is -2.50. The number of likely N-dealkylation sites (tertiary alicyclic amines) is 1. The van der Waals surface area contributed by atoms with Crippen LogP contribution in [0.5, 0.6) is 0 Å². The van der Waals surface area contributed by atoms with Crippen LogP contribution in [0.4, 0.5) is 0 Å². The van der Waals surface area contributed by atoms with Crippen LogP contribution in [0.25, 0.3) is 0 Å². The summed E-state index contributed by atoms with van der Waals surface area (Å²) in [5, 5.41) is 9.43. The number of hydrogen-bond acceptors (Lipinski definition) is 2. The molecular formula is C14H31NO. The first kappa shape index (κ1) is 15.9. The van der Waals surface area contributed by atoms with E-state index in [0.29, 0.717) is 0 Å². The average Bonchev–Trinajstić information content (AvgIpc) is 2.32. The van der Waals surface area contributed by atoms with Gasteiger partial charge in [-0.1, -0.05) is 34.1 Å². The van der Waals surface area contributed by atoms with Crippen LogP contribution in [0, 0.1) is 5.41 Å². The van der Waals surface area contributed by atoms with Crippen molar-refractivity contribution in [2.75, 3.05) is 19.7 Å². The molecular weight excluding hydrogens is 198 g/mol. The van der Waals surface area contributed by atoms with Crippen molar-refractivity contribution in [3.8, 4) is 0 Å². The minimum absolute atomic E-state index is 0.0235. The van der Waals surface area contributed by atoms with Gasteiger partial charge in [-0.05, 0) is 39.8 Å². The second kappa shape index (κ2) is 6.61. The minimum atomic E-state index is -0.0235. The Balaban J connectivity index is 0.00000106. The first-order chi connectivity index (χ1) is 7.42. The SMILES string of the molecule is CC.CC(C)(CO)C(C)(C)N1CCCCC1. The molecule has 1 saturated heterocycles.